The van der Waals surface area contributed by atoms with Crippen molar-refractivity contribution in [2.45, 2.75) is 18.7 Å². The van der Waals surface area contributed by atoms with E-state index < -0.39 is 15.7 Å². The lowest BCUT2D eigenvalue weighted by molar-refractivity contribution is 0.102. The molecule has 8 heteroatoms. The summed E-state index contributed by atoms with van der Waals surface area (Å²) in [6.45, 7) is 3.81. The van der Waals surface area contributed by atoms with Crippen molar-refractivity contribution in [2.24, 2.45) is 0 Å². The first-order chi connectivity index (χ1) is 12.3. The second-order valence-corrected chi connectivity index (χ2v) is 7.61. The van der Waals surface area contributed by atoms with Gasteiger partial charge in [0.05, 0.1) is 30.1 Å². The number of amides is 1. The van der Waals surface area contributed by atoms with Gasteiger partial charge < -0.3 is 19.9 Å². The summed E-state index contributed by atoms with van der Waals surface area (Å²) < 4.78 is 34.6. The normalized spacial score (nSPS) is 11.0. The van der Waals surface area contributed by atoms with E-state index in [1.807, 2.05) is 6.92 Å². The van der Waals surface area contributed by atoms with Crippen LogP contribution in [0.5, 0.6) is 17.2 Å². The number of nitrogens with one attached hydrogen (secondary N) is 1. The minimum atomic E-state index is -3.46. The lowest BCUT2D eigenvalue weighted by Gasteiger charge is -2.12. The molecule has 0 unspecified atom stereocenters. The average molecular weight is 379 g/mol. The van der Waals surface area contributed by atoms with Gasteiger partial charge in [0, 0.05) is 5.56 Å². The molecular weight excluding hydrogens is 358 g/mol. The van der Waals surface area contributed by atoms with Crippen molar-refractivity contribution < 1.29 is 27.8 Å². The monoisotopic (exact) mass is 379 g/mol. The van der Waals surface area contributed by atoms with Gasteiger partial charge in [-0.25, -0.2) is 8.42 Å². The number of hydrogen-bond acceptors (Lipinski definition) is 6. The van der Waals surface area contributed by atoms with Crippen LogP contribution < -0.4 is 14.8 Å². The second kappa shape index (κ2) is 8.09. The highest BCUT2D eigenvalue weighted by molar-refractivity contribution is 7.91. The van der Waals surface area contributed by atoms with Gasteiger partial charge >= 0.3 is 0 Å². The van der Waals surface area contributed by atoms with E-state index in [1.54, 1.807) is 12.1 Å². The zero-order valence-corrected chi connectivity index (χ0v) is 15.6. The van der Waals surface area contributed by atoms with E-state index in [-0.39, 0.29) is 27.6 Å². The highest BCUT2D eigenvalue weighted by Crippen LogP contribution is 2.30. The smallest absolute Gasteiger partial charge is 0.255 e. The predicted molar refractivity (Wildman–Crippen MR) is 97.9 cm³/mol. The minimum absolute atomic E-state index is 0.0115. The summed E-state index contributed by atoms with van der Waals surface area (Å²) in [5.41, 5.74) is 0.283. The number of sulfone groups is 1. The summed E-state index contributed by atoms with van der Waals surface area (Å²) in [6.07, 6.45) is 0. The zero-order chi connectivity index (χ0) is 19.3. The summed E-state index contributed by atoms with van der Waals surface area (Å²) in [4.78, 5) is 12.5. The van der Waals surface area contributed by atoms with Gasteiger partial charge in [-0.15, -0.1) is 0 Å². The van der Waals surface area contributed by atoms with Crippen molar-refractivity contribution >= 4 is 21.4 Å². The number of phenols is 1. The number of aromatic hydroxyl groups is 1. The zero-order valence-electron chi connectivity index (χ0n) is 14.8. The summed E-state index contributed by atoms with van der Waals surface area (Å²) in [5.74, 6) is 0.0665. The number of ether oxygens (including phenoxy) is 2. The van der Waals surface area contributed by atoms with Crippen LogP contribution in [0.4, 0.5) is 5.69 Å². The predicted octanol–water partition coefficient (Wildman–Crippen LogP) is 2.85. The Balaban J connectivity index is 2.31. The number of anilines is 1. The molecule has 0 spiro atoms. The van der Waals surface area contributed by atoms with Crippen LogP contribution in [0.15, 0.2) is 41.3 Å². The first kappa shape index (κ1) is 19.6. The van der Waals surface area contributed by atoms with Gasteiger partial charge in [-0.3, -0.25) is 4.79 Å². The molecule has 2 aromatic rings. The highest BCUT2D eigenvalue weighted by atomic mass is 32.2. The van der Waals surface area contributed by atoms with E-state index in [0.29, 0.717) is 18.1 Å². The third-order valence-corrected chi connectivity index (χ3v) is 5.41. The van der Waals surface area contributed by atoms with E-state index in [2.05, 4.69) is 5.32 Å². The van der Waals surface area contributed by atoms with Crippen LogP contribution in [-0.2, 0) is 9.84 Å². The summed E-state index contributed by atoms with van der Waals surface area (Å²) in [7, 11) is -2.00. The van der Waals surface area contributed by atoms with Gasteiger partial charge in [0.1, 0.15) is 5.75 Å². The standard InChI is InChI=1S/C18H21NO6S/c1-4-25-16-9-6-12(10-17(16)24-3)18(21)19-14-11-13(7-8-15(14)20)26(22,23)5-2/h6-11,20H,4-5H2,1-3H3,(H,19,21). The number of carbonyl (C=O) groups excluding carboxylic acids is 1. The fraction of sp³-hybridized carbons (Fsp3) is 0.278. The van der Waals surface area contributed by atoms with Crippen molar-refractivity contribution in [3.05, 3.63) is 42.0 Å². The third kappa shape index (κ3) is 4.26. The second-order valence-electron chi connectivity index (χ2n) is 5.34. The van der Waals surface area contributed by atoms with Gasteiger partial charge in [-0.05, 0) is 43.3 Å². The Kier molecular flexibility index (Phi) is 6.10. The van der Waals surface area contributed by atoms with Gasteiger partial charge in [0.15, 0.2) is 21.3 Å². The van der Waals surface area contributed by atoms with Crippen molar-refractivity contribution in [1.29, 1.82) is 0 Å². The van der Waals surface area contributed by atoms with Crippen molar-refractivity contribution in [3.8, 4) is 17.2 Å². The van der Waals surface area contributed by atoms with Crippen LogP contribution in [0, 0.1) is 0 Å². The highest BCUT2D eigenvalue weighted by Gasteiger charge is 2.17. The molecule has 0 saturated heterocycles. The van der Waals surface area contributed by atoms with Crippen LogP contribution in [0.25, 0.3) is 0 Å². The van der Waals surface area contributed by atoms with Crippen LogP contribution in [0.3, 0.4) is 0 Å². The fourth-order valence-electron chi connectivity index (χ4n) is 2.25. The lowest BCUT2D eigenvalue weighted by Crippen LogP contribution is -2.13. The molecule has 0 aromatic heterocycles. The number of phenolic OH excluding ortho intramolecular Hbond substituents is 1. The topological polar surface area (TPSA) is 102 Å². The molecule has 0 aliphatic rings. The molecular formula is C18H21NO6S. The minimum Gasteiger partial charge on any atom is -0.506 e. The molecule has 140 valence electrons. The van der Waals surface area contributed by atoms with Gasteiger partial charge in [0.25, 0.3) is 5.91 Å². The number of benzene rings is 2. The molecule has 2 aromatic carbocycles. The number of rotatable bonds is 7. The maximum absolute atomic E-state index is 12.5. The first-order valence-electron chi connectivity index (χ1n) is 8.00. The molecule has 0 aliphatic carbocycles. The van der Waals surface area contributed by atoms with Crippen LogP contribution in [0.1, 0.15) is 24.2 Å². The molecule has 0 heterocycles. The molecule has 0 aliphatic heterocycles. The maximum atomic E-state index is 12.5. The number of methoxy groups -OCH3 is 1. The average Bonchev–Trinajstić information content (AvgIpc) is 2.63. The summed E-state index contributed by atoms with van der Waals surface area (Å²) in [6, 6.07) is 8.42. The van der Waals surface area contributed by atoms with E-state index in [0.717, 1.165) is 0 Å². The molecule has 0 saturated carbocycles. The molecule has 7 nitrogen and oxygen atoms in total. The van der Waals surface area contributed by atoms with E-state index in [9.17, 15) is 18.3 Å². The third-order valence-electron chi connectivity index (χ3n) is 3.68. The summed E-state index contributed by atoms with van der Waals surface area (Å²) >= 11 is 0. The Hall–Kier alpha value is -2.74. The lowest BCUT2D eigenvalue weighted by atomic mass is 10.1. The van der Waals surface area contributed by atoms with Crippen LogP contribution in [-0.4, -0.2) is 38.9 Å². The van der Waals surface area contributed by atoms with E-state index in [4.69, 9.17) is 9.47 Å². The van der Waals surface area contributed by atoms with E-state index in [1.165, 1.54) is 38.3 Å². The van der Waals surface area contributed by atoms with Crippen LogP contribution in [0.2, 0.25) is 0 Å². The molecule has 1 amide bonds. The SMILES string of the molecule is CCOc1ccc(C(=O)Nc2cc(S(=O)(=O)CC)ccc2O)cc1OC. The number of hydrogen-bond donors (Lipinski definition) is 2. The summed E-state index contributed by atoms with van der Waals surface area (Å²) in [5, 5.41) is 12.4. The Bertz CT molecular complexity index is 908. The van der Waals surface area contributed by atoms with Crippen molar-refractivity contribution in [3.63, 3.8) is 0 Å². The fourth-order valence-corrected chi connectivity index (χ4v) is 3.16. The molecule has 2 rings (SSSR count). The van der Waals surface area contributed by atoms with E-state index >= 15 is 0 Å². The molecule has 0 fully saturated rings. The van der Waals surface area contributed by atoms with Gasteiger partial charge in [-0.1, -0.05) is 6.92 Å². The molecule has 0 atom stereocenters. The van der Waals surface area contributed by atoms with Crippen molar-refractivity contribution in [2.75, 3.05) is 24.8 Å². The maximum Gasteiger partial charge on any atom is 0.255 e. The number of carbonyl (C=O) groups is 1. The molecule has 0 radical (unpaired) electrons. The van der Waals surface area contributed by atoms with Crippen LogP contribution >= 0.6 is 0 Å². The Morgan fingerprint density at radius 2 is 1.85 bits per heavy atom. The van der Waals surface area contributed by atoms with Crippen molar-refractivity contribution in [1.82, 2.24) is 0 Å². The van der Waals surface area contributed by atoms with Gasteiger partial charge in [-0.2, -0.15) is 0 Å². The largest absolute Gasteiger partial charge is 0.506 e. The quantitative estimate of drug-likeness (QED) is 0.717. The van der Waals surface area contributed by atoms with Gasteiger partial charge in [0.2, 0.25) is 0 Å². The first-order valence-corrected chi connectivity index (χ1v) is 9.65. The Morgan fingerprint density at radius 3 is 2.46 bits per heavy atom. The Morgan fingerprint density at radius 1 is 1.12 bits per heavy atom. The molecule has 0 bridgehead atoms. The molecule has 26 heavy (non-hydrogen) atoms. The molecule has 2 N–H and O–H groups in total. The Labute approximate surface area is 152 Å².